The van der Waals surface area contributed by atoms with Crippen LogP contribution in [0, 0.1) is 6.92 Å². The Hall–Kier alpha value is -0.900. The van der Waals surface area contributed by atoms with Crippen LogP contribution in [-0.2, 0) is 4.79 Å². The molecular formula is C7H8N2OS. The predicted octanol–water partition coefficient (Wildman–Crippen LogP) is 1.01. The maximum Gasteiger partial charge on any atom is 0.223 e. The van der Waals surface area contributed by atoms with Crippen molar-refractivity contribution in [1.29, 1.82) is 0 Å². The van der Waals surface area contributed by atoms with Crippen LogP contribution in [0.5, 0.6) is 0 Å². The van der Waals surface area contributed by atoms with Gasteiger partial charge in [0.2, 0.25) is 5.91 Å². The third-order valence-corrected chi connectivity index (χ3v) is 2.74. The molecule has 1 aliphatic heterocycles. The summed E-state index contributed by atoms with van der Waals surface area (Å²) in [5, 5.41) is 5.81. The standard InChI is InChI=1S/C7H8N2OS/c1-4-3-11-7(8-4)5-2-6(10)9-5/h3,5H,2H2,1H3,(H,9,10). The normalized spacial score (nSPS) is 22.6. The molecule has 2 heterocycles. The number of carbonyl (C=O) groups is 1. The number of rotatable bonds is 1. The Morgan fingerprint density at radius 3 is 3.00 bits per heavy atom. The van der Waals surface area contributed by atoms with Crippen LogP contribution in [0.1, 0.15) is 23.2 Å². The Labute approximate surface area is 68.5 Å². The molecule has 1 unspecified atom stereocenters. The number of nitrogens with zero attached hydrogens (tertiary/aromatic N) is 1. The molecule has 0 radical (unpaired) electrons. The second-order valence-electron chi connectivity index (χ2n) is 2.65. The van der Waals surface area contributed by atoms with Crippen molar-refractivity contribution in [3.05, 3.63) is 16.1 Å². The molecule has 58 valence electrons. The lowest BCUT2D eigenvalue weighted by Crippen LogP contribution is -2.41. The number of aryl methyl sites for hydroxylation is 1. The van der Waals surface area contributed by atoms with Gasteiger partial charge in [-0.2, -0.15) is 0 Å². The minimum Gasteiger partial charge on any atom is -0.346 e. The monoisotopic (exact) mass is 168 g/mol. The molecular weight excluding hydrogens is 160 g/mol. The summed E-state index contributed by atoms with van der Waals surface area (Å²) in [6.07, 6.45) is 0.604. The fraction of sp³-hybridized carbons (Fsp3) is 0.429. The lowest BCUT2D eigenvalue weighted by Gasteiger charge is -2.24. The number of nitrogens with one attached hydrogen (secondary N) is 1. The van der Waals surface area contributed by atoms with Gasteiger partial charge in [-0.05, 0) is 6.92 Å². The average Bonchev–Trinajstić information content (AvgIpc) is 2.29. The van der Waals surface area contributed by atoms with Crippen LogP contribution in [0.3, 0.4) is 0 Å². The van der Waals surface area contributed by atoms with Crippen molar-refractivity contribution >= 4 is 17.2 Å². The molecule has 1 fully saturated rings. The Balaban J connectivity index is 2.12. The molecule has 1 amide bonds. The number of hydrogen-bond acceptors (Lipinski definition) is 3. The maximum atomic E-state index is 10.6. The smallest absolute Gasteiger partial charge is 0.223 e. The lowest BCUT2D eigenvalue weighted by atomic mass is 10.1. The number of β-lactam (4-membered cyclic amide) rings is 1. The predicted molar refractivity (Wildman–Crippen MR) is 42.4 cm³/mol. The molecule has 0 aliphatic carbocycles. The van der Waals surface area contributed by atoms with Gasteiger partial charge in [0.25, 0.3) is 0 Å². The van der Waals surface area contributed by atoms with E-state index in [-0.39, 0.29) is 11.9 Å². The minimum absolute atomic E-state index is 0.128. The van der Waals surface area contributed by atoms with Crippen molar-refractivity contribution in [3.8, 4) is 0 Å². The molecule has 4 heteroatoms. The van der Waals surface area contributed by atoms with Crippen molar-refractivity contribution in [1.82, 2.24) is 10.3 Å². The van der Waals surface area contributed by atoms with Gasteiger partial charge >= 0.3 is 0 Å². The van der Waals surface area contributed by atoms with E-state index >= 15 is 0 Å². The lowest BCUT2D eigenvalue weighted by molar-refractivity contribution is -0.128. The van der Waals surface area contributed by atoms with Gasteiger partial charge in [-0.25, -0.2) is 4.98 Å². The average molecular weight is 168 g/mol. The van der Waals surface area contributed by atoms with Crippen molar-refractivity contribution in [2.24, 2.45) is 0 Å². The van der Waals surface area contributed by atoms with Gasteiger partial charge in [-0.15, -0.1) is 11.3 Å². The Kier molecular flexibility index (Phi) is 1.42. The van der Waals surface area contributed by atoms with Gasteiger partial charge in [0.05, 0.1) is 12.5 Å². The third-order valence-electron chi connectivity index (χ3n) is 1.66. The minimum atomic E-state index is 0.128. The summed E-state index contributed by atoms with van der Waals surface area (Å²) in [6, 6.07) is 0.196. The van der Waals surface area contributed by atoms with Gasteiger partial charge < -0.3 is 5.32 Å². The van der Waals surface area contributed by atoms with E-state index in [1.165, 1.54) is 0 Å². The van der Waals surface area contributed by atoms with E-state index in [2.05, 4.69) is 10.3 Å². The van der Waals surface area contributed by atoms with E-state index in [4.69, 9.17) is 0 Å². The van der Waals surface area contributed by atoms with Crippen LogP contribution >= 0.6 is 11.3 Å². The highest BCUT2D eigenvalue weighted by atomic mass is 32.1. The summed E-state index contributed by atoms with van der Waals surface area (Å²) in [4.78, 5) is 14.8. The number of thiazole rings is 1. The first-order valence-electron chi connectivity index (χ1n) is 3.47. The molecule has 11 heavy (non-hydrogen) atoms. The van der Waals surface area contributed by atoms with Crippen molar-refractivity contribution in [3.63, 3.8) is 0 Å². The quantitative estimate of drug-likeness (QED) is 0.636. The zero-order valence-electron chi connectivity index (χ0n) is 6.13. The largest absolute Gasteiger partial charge is 0.346 e. The molecule has 1 aromatic heterocycles. The fourth-order valence-corrected chi connectivity index (χ4v) is 1.89. The van der Waals surface area contributed by atoms with Crippen molar-refractivity contribution in [2.75, 3.05) is 0 Å². The van der Waals surface area contributed by atoms with Crippen LogP contribution in [0.2, 0.25) is 0 Å². The van der Waals surface area contributed by atoms with Crippen LogP contribution in [-0.4, -0.2) is 10.9 Å². The summed E-state index contributed by atoms with van der Waals surface area (Å²) in [5.41, 5.74) is 1.03. The van der Waals surface area contributed by atoms with E-state index in [0.717, 1.165) is 10.7 Å². The molecule has 0 bridgehead atoms. The number of aromatic nitrogens is 1. The second-order valence-corrected chi connectivity index (χ2v) is 3.54. The number of amides is 1. The topological polar surface area (TPSA) is 42.0 Å². The van der Waals surface area contributed by atoms with E-state index in [1.807, 2.05) is 12.3 Å². The summed E-state index contributed by atoms with van der Waals surface area (Å²) < 4.78 is 0. The van der Waals surface area contributed by atoms with E-state index < -0.39 is 0 Å². The zero-order valence-corrected chi connectivity index (χ0v) is 6.94. The highest BCUT2D eigenvalue weighted by molar-refractivity contribution is 7.09. The Bertz CT molecular complexity index is 286. The number of hydrogen-bond donors (Lipinski definition) is 1. The molecule has 0 aromatic carbocycles. The molecule has 0 spiro atoms. The van der Waals surface area contributed by atoms with E-state index in [0.29, 0.717) is 6.42 Å². The van der Waals surface area contributed by atoms with Gasteiger partial charge in [-0.3, -0.25) is 4.79 Å². The third kappa shape index (κ3) is 1.14. The van der Waals surface area contributed by atoms with Crippen LogP contribution in [0.15, 0.2) is 5.38 Å². The summed E-state index contributed by atoms with van der Waals surface area (Å²) >= 11 is 1.61. The van der Waals surface area contributed by atoms with Crippen molar-refractivity contribution in [2.45, 2.75) is 19.4 Å². The van der Waals surface area contributed by atoms with Crippen LogP contribution in [0.4, 0.5) is 0 Å². The van der Waals surface area contributed by atoms with Crippen LogP contribution < -0.4 is 5.32 Å². The molecule has 3 nitrogen and oxygen atoms in total. The zero-order chi connectivity index (χ0) is 7.84. The second kappa shape index (κ2) is 2.30. The Morgan fingerprint density at radius 2 is 2.55 bits per heavy atom. The highest BCUT2D eigenvalue weighted by Gasteiger charge is 2.28. The van der Waals surface area contributed by atoms with E-state index in [1.54, 1.807) is 11.3 Å². The first kappa shape index (κ1) is 6.79. The maximum absolute atomic E-state index is 10.6. The van der Waals surface area contributed by atoms with Crippen LogP contribution in [0.25, 0.3) is 0 Å². The van der Waals surface area contributed by atoms with Gasteiger partial charge in [-0.1, -0.05) is 0 Å². The SMILES string of the molecule is Cc1csc(C2CC(=O)N2)n1. The van der Waals surface area contributed by atoms with Gasteiger partial charge in [0, 0.05) is 11.1 Å². The van der Waals surface area contributed by atoms with Crippen molar-refractivity contribution < 1.29 is 4.79 Å². The highest BCUT2D eigenvalue weighted by Crippen LogP contribution is 2.26. The molecule has 1 atom stereocenters. The fourth-order valence-electron chi connectivity index (χ4n) is 1.04. The van der Waals surface area contributed by atoms with Gasteiger partial charge in [0.15, 0.2) is 0 Å². The van der Waals surface area contributed by atoms with E-state index in [9.17, 15) is 4.79 Å². The number of carbonyl (C=O) groups excluding carboxylic acids is 1. The molecule has 1 saturated heterocycles. The molecule has 2 rings (SSSR count). The molecule has 1 aliphatic rings. The molecule has 0 saturated carbocycles. The summed E-state index contributed by atoms with van der Waals surface area (Å²) in [5.74, 6) is 0.128. The van der Waals surface area contributed by atoms with Gasteiger partial charge in [0.1, 0.15) is 5.01 Å². The summed E-state index contributed by atoms with van der Waals surface area (Å²) in [6.45, 7) is 1.96. The first-order chi connectivity index (χ1) is 5.25. The Morgan fingerprint density at radius 1 is 1.82 bits per heavy atom. The molecule has 1 N–H and O–H groups in total. The first-order valence-corrected chi connectivity index (χ1v) is 4.35. The molecule has 1 aromatic rings. The summed E-state index contributed by atoms with van der Waals surface area (Å²) in [7, 11) is 0.